The number of nitrogens with zero attached hydrogens (tertiary/aromatic N) is 2. The Labute approximate surface area is 330 Å². The predicted octanol–water partition coefficient (Wildman–Crippen LogP) is 2.38. The number of amides is 5. The quantitative estimate of drug-likeness (QED) is 0.106. The van der Waals surface area contributed by atoms with Crippen molar-refractivity contribution in [3.8, 4) is 0 Å². The molecular weight excluding hydrogens is 709 g/mol. The number of nitrogens with two attached hydrogens (primary N) is 2. The van der Waals surface area contributed by atoms with E-state index < -0.39 is 47.4 Å². The van der Waals surface area contributed by atoms with Gasteiger partial charge in [-0.05, 0) is 80.7 Å². The maximum absolute atomic E-state index is 14.2. The van der Waals surface area contributed by atoms with Crippen LogP contribution in [0, 0.1) is 5.92 Å². The number of piperidine rings is 1. The van der Waals surface area contributed by atoms with Crippen LogP contribution >= 0.6 is 0 Å². The molecule has 2 aliphatic heterocycles. The molecule has 0 aromatic heterocycles. The molecule has 56 heavy (non-hydrogen) atoms. The fraction of sp³-hybridized carbons (Fsp3) is 0.465. The summed E-state index contributed by atoms with van der Waals surface area (Å²) in [4.78, 5) is 72.8. The number of benzene rings is 3. The van der Waals surface area contributed by atoms with Gasteiger partial charge in [0.2, 0.25) is 29.5 Å². The zero-order valence-corrected chi connectivity index (χ0v) is 32.6. The first-order valence-corrected chi connectivity index (χ1v) is 19.8. The number of hydrogen-bond donors (Lipinski definition) is 6. The third-order valence-corrected chi connectivity index (χ3v) is 10.8. The fourth-order valence-corrected chi connectivity index (χ4v) is 7.65. The van der Waals surface area contributed by atoms with Crippen LogP contribution in [0.4, 0.5) is 5.69 Å². The van der Waals surface area contributed by atoms with Crippen molar-refractivity contribution in [2.75, 3.05) is 31.2 Å². The smallest absolute Gasteiger partial charge is 0.247 e. The van der Waals surface area contributed by atoms with E-state index in [9.17, 15) is 24.0 Å². The van der Waals surface area contributed by atoms with Crippen molar-refractivity contribution < 1.29 is 24.0 Å². The molecule has 2 heterocycles. The largest absolute Gasteiger partial charge is 0.343 e. The van der Waals surface area contributed by atoms with Gasteiger partial charge in [-0.2, -0.15) is 0 Å². The maximum Gasteiger partial charge on any atom is 0.247 e. The predicted molar refractivity (Wildman–Crippen MR) is 217 cm³/mol. The number of likely N-dealkylation sites (tertiary alicyclic amines) is 1. The van der Waals surface area contributed by atoms with Crippen LogP contribution in [-0.4, -0.2) is 90.4 Å². The second kappa shape index (κ2) is 20.1. The van der Waals surface area contributed by atoms with Gasteiger partial charge >= 0.3 is 0 Å². The molecule has 0 unspecified atom stereocenters. The molecular formula is C43H58N8O5. The van der Waals surface area contributed by atoms with E-state index in [1.807, 2.05) is 105 Å². The van der Waals surface area contributed by atoms with Gasteiger partial charge in [0.15, 0.2) is 0 Å². The third kappa shape index (κ3) is 10.9. The Morgan fingerprint density at radius 1 is 0.732 bits per heavy atom. The van der Waals surface area contributed by atoms with Gasteiger partial charge in [0.05, 0.1) is 12.7 Å². The van der Waals surface area contributed by atoms with Crippen molar-refractivity contribution in [3.05, 3.63) is 102 Å². The van der Waals surface area contributed by atoms with E-state index in [-0.39, 0.29) is 24.2 Å². The van der Waals surface area contributed by atoms with Crippen molar-refractivity contribution in [2.24, 2.45) is 17.4 Å². The zero-order valence-electron chi connectivity index (χ0n) is 32.6. The van der Waals surface area contributed by atoms with E-state index in [0.717, 1.165) is 16.8 Å². The van der Waals surface area contributed by atoms with Crippen LogP contribution in [0.1, 0.15) is 63.5 Å². The van der Waals surface area contributed by atoms with E-state index in [4.69, 9.17) is 11.5 Å². The highest BCUT2D eigenvalue weighted by molar-refractivity contribution is 5.96. The van der Waals surface area contributed by atoms with Crippen molar-refractivity contribution in [1.29, 1.82) is 0 Å². The fourth-order valence-electron chi connectivity index (χ4n) is 7.65. The summed E-state index contributed by atoms with van der Waals surface area (Å²) >= 11 is 0. The van der Waals surface area contributed by atoms with Gasteiger partial charge < -0.3 is 42.5 Å². The lowest BCUT2D eigenvalue weighted by atomic mass is 9.85. The Hall–Kier alpha value is -5.27. The van der Waals surface area contributed by atoms with Gasteiger partial charge in [0.25, 0.3) is 0 Å². The number of hydrogen-bond acceptors (Lipinski definition) is 8. The molecule has 2 aliphatic rings. The molecule has 2 saturated heterocycles. The molecule has 8 N–H and O–H groups in total. The molecule has 1 spiro atoms. The summed E-state index contributed by atoms with van der Waals surface area (Å²) in [6, 6.07) is 24.8. The second-order valence-corrected chi connectivity index (χ2v) is 15.4. The summed E-state index contributed by atoms with van der Waals surface area (Å²) in [7, 11) is 0. The Morgan fingerprint density at radius 2 is 1.27 bits per heavy atom. The summed E-state index contributed by atoms with van der Waals surface area (Å²) in [5.41, 5.74) is 14.0. The number of nitrogens with one attached hydrogen (secondary N) is 4. The van der Waals surface area contributed by atoms with E-state index in [1.54, 1.807) is 4.90 Å². The highest BCUT2D eigenvalue weighted by atomic mass is 16.2. The van der Waals surface area contributed by atoms with Gasteiger partial charge in [-0.3, -0.25) is 24.0 Å². The molecule has 13 heteroatoms. The van der Waals surface area contributed by atoms with Gasteiger partial charge in [-0.25, -0.2) is 0 Å². The van der Waals surface area contributed by atoms with E-state index in [1.165, 1.54) is 0 Å². The van der Waals surface area contributed by atoms with Gasteiger partial charge in [0, 0.05) is 25.2 Å². The molecule has 5 rings (SSSR count). The van der Waals surface area contributed by atoms with Crippen LogP contribution in [0.3, 0.4) is 0 Å². The number of unbranched alkanes of at least 4 members (excludes halogenated alkanes) is 1. The summed E-state index contributed by atoms with van der Waals surface area (Å²) in [6.07, 6.45) is 3.33. The lowest BCUT2D eigenvalue weighted by Gasteiger charge is -2.44. The summed E-state index contributed by atoms with van der Waals surface area (Å²) in [5, 5.41) is 11.7. The van der Waals surface area contributed by atoms with Crippen LogP contribution in [0.15, 0.2) is 91.0 Å². The van der Waals surface area contributed by atoms with Crippen molar-refractivity contribution in [3.63, 3.8) is 0 Å². The van der Waals surface area contributed by atoms with E-state index in [2.05, 4.69) is 26.2 Å². The van der Waals surface area contributed by atoms with Crippen LogP contribution in [0.25, 0.3) is 0 Å². The molecule has 2 fully saturated rings. The Bertz CT molecular complexity index is 1750. The van der Waals surface area contributed by atoms with Gasteiger partial charge in [0.1, 0.15) is 23.7 Å². The second-order valence-electron chi connectivity index (χ2n) is 15.4. The standard InChI is InChI=1S/C43H58N8O5/c1-30(2)26-36(49-40(54)37(28-32-16-8-4-9-17-32)48-38(52)34(45)27-31-14-6-3-7-15-31)39(53)47-35(20-12-13-23-44)41(55)50-24-21-43(22-25-50)42(56)46-29-51(43)33-18-10-5-11-19-33/h3-11,14-19,30,34-37H,12-13,20-29,44-45H2,1-2H3,(H,46,56)(H,47,53)(H,48,52)(H,49,54)/t34-,35-,36-,37-/m1/s1. The first kappa shape index (κ1) is 41.9. The third-order valence-electron chi connectivity index (χ3n) is 10.8. The molecule has 300 valence electrons. The lowest BCUT2D eigenvalue weighted by Crippen LogP contribution is -2.61. The molecule has 5 amide bonds. The Kier molecular flexibility index (Phi) is 15.0. The lowest BCUT2D eigenvalue weighted by molar-refractivity contribution is -0.140. The first-order valence-electron chi connectivity index (χ1n) is 19.8. The number of carbonyl (C=O) groups is 5. The van der Waals surface area contributed by atoms with E-state index >= 15 is 0 Å². The molecule has 3 aromatic rings. The first-order chi connectivity index (χ1) is 27.0. The Balaban J connectivity index is 1.28. The number of rotatable bonds is 18. The summed E-state index contributed by atoms with van der Waals surface area (Å²) < 4.78 is 0. The van der Waals surface area contributed by atoms with Crippen LogP contribution in [0.2, 0.25) is 0 Å². The number of anilines is 1. The monoisotopic (exact) mass is 766 g/mol. The molecule has 3 aromatic carbocycles. The molecule has 0 aliphatic carbocycles. The molecule has 0 radical (unpaired) electrons. The summed E-state index contributed by atoms with van der Waals surface area (Å²) in [6.45, 7) is 5.43. The minimum Gasteiger partial charge on any atom is -0.343 e. The van der Waals surface area contributed by atoms with Gasteiger partial charge in [-0.1, -0.05) is 92.7 Å². The highest BCUT2D eigenvalue weighted by Gasteiger charge is 2.51. The molecule has 0 bridgehead atoms. The average molecular weight is 767 g/mol. The van der Waals surface area contributed by atoms with Crippen LogP contribution in [-0.2, 0) is 36.8 Å². The van der Waals surface area contributed by atoms with Crippen molar-refractivity contribution >= 4 is 35.2 Å². The average Bonchev–Trinajstić information content (AvgIpc) is 3.51. The summed E-state index contributed by atoms with van der Waals surface area (Å²) in [5.74, 6) is -1.75. The molecule has 4 atom stereocenters. The van der Waals surface area contributed by atoms with Gasteiger partial charge in [-0.15, -0.1) is 0 Å². The molecule has 0 saturated carbocycles. The van der Waals surface area contributed by atoms with E-state index in [0.29, 0.717) is 71.2 Å². The molecule has 13 nitrogen and oxygen atoms in total. The number of carbonyl (C=O) groups excluding carboxylic acids is 5. The topological polar surface area (TPSA) is 192 Å². The minimum atomic E-state index is -1.01. The normalized spacial score (nSPS) is 17.1. The van der Waals surface area contributed by atoms with Crippen LogP contribution in [0.5, 0.6) is 0 Å². The van der Waals surface area contributed by atoms with Crippen molar-refractivity contribution in [1.82, 2.24) is 26.2 Å². The Morgan fingerprint density at radius 3 is 1.86 bits per heavy atom. The maximum atomic E-state index is 14.2. The number of para-hydroxylation sites is 1. The zero-order chi connectivity index (χ0) is 40.1. The highest BCUT2D eigenvalue weighted by Crippen LogP contribution is 2.36. The van der Waals surface area contributed by atoms with Crippen LogP contribution < -0.4 is 37.6 Å². The SMILES string of the molecule is CC(C)C[C@@H](NC(=O)[C@@H](Cc1ccccc1)NC(=O)[C@H](N)Cc1ccccc1)C(=O)N[C@H](CCCCN)C(=O)N1CCC2(CC1)C(=O)NCN2c1ccccc1. The minimum absolute atomic E-state index is 0.0160. The van der Waals surface area contributed by atoms with Crippen molar-refractivity contribution in [2.45, 2.75) is 94.9 Å².